The molecule has 0 aromatic heterocycles. The van der Waals surface area contributed by atoms with Crippen molar-refractivity contribution in [1.82, 2.24) is 0 Å². The molecule has 1 aliphatic rings. The quantitative estimate of drug-likeness (QED) is 0.393. The van der Waals surface area contributed by atoms with Crippen molar-refractivity contribution in [3.63, 3.8) is 0 Å². The summed E-state index contributed by atoms with van der Waals surface area (Å²) in [4.78, 5) is 15.3. The molecule has 4 nitrogen and oxygen atoms in total. The lowest BCUT2D eigenvalue weighted by molar-refractivity contribution is -0.113. The van der Waals surface area contributed by atoms with Gasteiger partial charge in [-0.05, 0) is 42.0 Å². The zero-order valence-electron chi connectivity index (χ0n) is 16.0. The summed E-state index contributed by atoms with van der Waals surface area (Å²) < 4.78 is 11.7. The van der Waals surface area contributed by atoms with E-state index >= 15 is 0 Å². The molecule has 1 aliphatic heterocycles. The van der Waals surface area contributed by atoms with Crippen molar-refractivity contribution in [2.75, 3.05) is 18.6 Å². The second-order valence-electron chi connectivity index (χ2n) is 6.32. The molecule has 0 unspecified atom stereocenters. The Morgan fingerprint density at radius 3 is 2.59 bits per heavy atom. The molecule has 4 rings (SSSR count). The highest BCUT2D eigenvalue weighted by Crippen LogP contribution is 2.41. The second-order valence-corrected chi connectivity index (χ2v) is 8.00. The lowest BCUT2D eigenvalue weighted by Gasteiger charge is -2.17. The fraction of sp³-hybridized carbons (Fsp3) is 0.130. The minimum absolute atomic E-state index is 0.167. The number of fused-ring (bicyclic) bond motifs is 1. The number of amides is 1. The normalized spacial score (nSPS) is 15.4. The summed E-state index contributed by atoms with van der Waals surface area (Å²) in [5.41, 5.74) is 1.52. The van der Waals surface area contributed by atoms with Crippen molar-refractivity contribution >= 4 is 56.7 Å². The van der Waals surface area contributed by atoms with E-state index in [-0.39, 0.29) is 5.91 Å². The Hall–Kier alpha value is -2.83. The summed E-state index contributed by atoms with van der Waals surface area (Å²) in [5.74, 6) is 1.18. The lowest BCUT2D eigenvalue weighted by atomic mass is 10.0. The molecule has 1 heterocycles. The predicted molar refractivity (Wildman–Crippen MR) is 124 cm³/mol. The van der Waals surface area contributed by atoms with E-state index in [0.717, 1.165) is 22.1 Å². The maximum Gasteiger partial charge on any atom is 0.270 e. The van der Waals surface area contributed by atoms with E-state index in [1.807, 2.05) is 73.7 Å². The Labute approximate surface area is 179 Å². The topological polar surface area (TPSA) is 38.8 Å². The van der Waals surface area contributed by atoms with Crippen LogP contribution in [0.1, 0.15) is 12.5 Å². The molecule has 29 heavy (non-hydrogen) atoms. The Bertz CT molecular complexity index is 1140. The van der Waals surface area contributed by atoms with Crippen molar-refractivity contribution < 1.29 is 14.3 Å². The van der Waals surface area contributed by atoms with Gasteiger partial charge in [-0.1, -0.05) is 66.4 Å². The number of methoxy groups -OCH3 is 1. The molecule has 0 aliphatic carbocycles. The molecule has 0 spiro atoms. The smallest absolute Gasteiger partial charge is 0.270 e. The number of rotatable bonds is 5. The van der Waals surface area contributed by atoms with Gasteiger partial charge in [0, 0.05) is 5.56 Å². The van der Waals surface area contributed by atoms with Crippen LogP contribution in [0.5, 0.6) is 11.5 Å². The third kappa shape index (κ3) is 3.61. The van der Waals surface area contributed by atoms with Crippen molar-refractivity contribution in [1.29, 1.82) is 0 Å². The van der Waals surface area contributed by atoms with Gasteiger partial charge in [0.2, 0.25) is 0 Å². The summed E-state index contributed by atoms with van der Waals surface area (Å²) in [5, 5.41) is 2.11. The monoisotopic (exact) mass is 421 g/mol. The van der Waals surface area contributed by atoms with Gasteiger partial charge in [0.15, 0.2) is 4.32 Å². The fourth-order valence-corrected chi connectivity index (χ4v) is 4.59. The van der Waals surface area contributed by atoms with Crippen LogP contribution in [0.25, 0.3) is 16.8 Å². The van der Waals surface area contributed by atoms with Crippen LogP contribution in [0.3, 0.4) is 0 Å². The summed E-state index contributed by atoms with van der Waals surface area (Å²) in [7, 11) is 1.58. The molecule has 1 saturated heterocycles. The number of thiocarbonyl (C=S) groups is 1. The minimum Gasteiger partial charge on any atom is -0.495 e. The van der Waals surface area contributed by atoms with E-state index in [1.165, 1.54) is 16.7 Å². The summed E-state index contributed by atoms with van der Waals surface area (Å²) in [6, 6.07) is 19.4. The van der Waals surface area contributed by atoms with Crippen LogP contribution in [-0.2, 0) is 4.79 Å². The van der Waals surface area contributed by atoms with Gasteiger partial charge in [-0.2, -0.15) is 0 Å². The summed E-state index contributed by atoms with van der Waals surface area (Å²) in [6.45, 7) is 2.49. The van der Waals surface area contributed by atoms with E-state index in [9.17, 15) is 4.79 Å². The molecule has 0 saturated carbocycles. The Morgan fingerprint density at radius 2 is 1.79 bits per heavy atom. The van der Waals surface area contributed by atoms with Crippen LogP contribution in [0, 0.1) is 0 Å². The number of para-hydroxylation sites is 2. The lowest BCUT2D eigenvalue weighted by Crippen LogP contribution is -2.27. The van der Waals surface area contributed by atoms with E-state index in [2.05, 4.69) is 0 Å². The summed E-state index contributed by atoms with van der Waals surface area (Å²) in [6.07, 6.45) is 1.88. The fourth-order valence-electron chi connectivity index (χ4n) is 3.33. The second kappa shape index (κ2) is 8.27. The van der Waals surface area contributed by atoms with Gasteiger partial charge in [-0.15, -0.1) is 0 Å². The van der Waals surface area contributed by atoms with Crippen molar-refractivity contribution in [2.24, 2.45) is 0 Å². The molecular weight excluding hydrogens is 402 g/mol. The number of nitrogens with zero attached hydrogens (tertiary/aromatic N) is 1. The first-order valence-corrected chi connectivity index (χ1v) is 10.4. The highest BCUT2D eigenvalue weighted by molar-refractivity contribution is 8.27. The average molecular weight is 422 g/mol. The van der Waals surface area contributed by atoms with Crippen molar-refractivity contribution in [2.45, 2.75) is 6.92 Å². The van der Waals surface area contributed by atoms with Crippen LogP contribution in [-0.4, -0.2) is 23.9 Å². The van der Waals surface area contributed by atoms with Crippen LogP contribution >= 0.6 is 24.0 Å². The third-order valence-electron chi connectivity index (χ3n) is 4.63. The Kier molecular flexibility index (Phi) is 5.56. The first-order valence-electron chi connectivity index (χ1n) is 9.19. The number of carbonyl (C=O) groups is 1. The molecule has 0 bridgehead atoms. The maximum absolute atomic E-state index is 13.2. The standard InChI is InChI=1S/C23H19NO3S2/c1-3-27-19-13-12-15-8-4-5-9-16(15)17(19)14-21-22(25)24(23(28)29-21)18-10-6-7-11-20(18)26-2/h4-14H,3H2,1-2H3/b21-14-. The van der Waals surface area contributed by atoms with Crippen LogP contribution < -0.4 is 14.4 Å². The highest BCUT2D eigenvalue weighted by atomic mass is 32.2. The van der Waals surface area contributed by atoms with Gasteiger partial charge in [0.1, 0.15) is 11.5 Å². The molecular formula is C23H19NO3S2. The van der Waals surface area contributed by atoms with E-state index < -0.39 is 0 Å². The van der Waals surface area contributed by atoms with Gasteiger partial charge in [0.05, 0.1) is 24.3 Å². The number of anilines is 1. The molecule has 146 valence electrons. The Morgan fingerprint density at radius 1 is 1.03 bits per heavy atom. The number of benzene rings is 3. The van der Waals surface area contributed by atoms with E-state index in [4.69, 9.17) is 21.7 Å². The molecule has 0 radical (unpaired) electrons. The predicted octanol–water partition coefficient (Wildman–Crippen LogP) is 5.65. The number of hydrogen-bond acceptors (Lipinski definition) is 5. The number of carbonyl (C=O) groups excluding carboxylic acids is 1. The highest BCUT2D eigenvalue weighted by Gasteiger charge is 2.35. The Balaban J connectivity index is 1.81. The van der Waals surface area contributed by atoms with Crippen molar-refractivity contribution in [3.05, 3.63) is 71.1 Å². The zero-order chi connectivity index (χ0) is 20.4. The van der Waals surface area contributed by atoms with Gasteiger partial charge in [-0.3, -0.25) is 9.69 Å². The average Bonchev–Trinajstić information content (AvgIpc) is 3.02. The number of thioether (sulfide) groups is 1. The summed E-state index contributed by atoms with van der Waals surface area (Å²) >= 11 is 6.80. The first-order chi connectivity index (χ1) is 14.1. The molecule has 1 fully saturated rings. The molecule has 1 amide bonds. The molecule has 0 atom stereocenters. The van der Waals surface area contributed by atoms with Crippen LogP contribution in [0.2, 0.25) is 0 Å². The van der Waals surface area contributed by atoms with Crippen LogP contribution in [0.15, 0.2) is 65.6 Å². The first kappa shape index (κ1) is 19.5. The molecule has 6 heteroatoms. The number of hydrogen-bond donors (Lipinski definition) is 0. The SMILES string of the molecule is CCOc1ccc2ccccc2c1/C=C1\SC(=S)N(c2ccccc2OC)C1=O. The van der Waals surface area contributed by atoms with Crippen molar-refractivity contribution in [3.8, 4) is 11.5 Å². The molecule has 3 aromatic rings. The van der Waals surface area contributed by atoms with Crippen LogP contribution in [0.4, 0.5) is 5.69 Å². The van der Waals surface area contributed by atoms with Gasteiger partial charge in [0.25, 0.3) is 5.91 Å². The van der Waals surface area contributed by atoms with Gasteiger partial charge in [-0.25, -0.2) is 0 Å². The number of ether oxygens (including phenoxy) is 2. The molecule has 0 N–H and O–H groups in total. The molecule has 3 aromatic carbocycles. The maximum atomic E-state index is 13.2. The van der Waals surface area contributed by atoms with E-state index in [0.29, 0.717) is 27.3 Å². The largest absolute Gasteiger partial charge is 0.495 e. The third-order valence-corrected chi connectivity index (χ3v) is 5.93. The van der Waals surface area contributed by atoms with Gasteiger partial charge >= 0.3 is 0 Å². The van der Waals surface area contributed by atoms with Gasteiger partial charge < -0.3 is 9.47 Å². The zero-order valence-corrected chi connectivity index (χ0v) is 17.7. The minimum atomic E-state index is -0.167. The van der Waals surface area contributed by atoms with E-state index in [1.54, 1.807) is 7.11 Å².